The van der Waals surface area contributed by atoms with Crippen molar-refractivity contribution in [3.63, 3.8) is 0 Å². The lowest BCUT2D eigenvalue weighted by Crippen LogP contribution is -2.57. The molecule has 0 aliphatic carbocycles. The third-order valence-corrected chi connectivity index (χ3v) is 5.76. The summed E-state index contributed by atoms with van der Waals surface area (Å²) in [4.78, 5) is 14.1. The van der Waals surface area contributed by atoms with Gasteiger partial charge in [-0.25, -0.2) is 9.98 Å². The number of anilines is 1. The molecule has 2 aliphatic heterocycles. The van der Waals surface area contributed by atoms with Gasteiger partial charge in [-0.3, -0.25) is 14.4 Å². The quantitative estimate of drug-likeness (QED) is 0.544. The Labute approximate surface area is 178 Å². The van der Waals surface area contributed by atoms with Crippen LogP contribution in [0.5, 0.6) is 0 Å². The van der Waals surface area contributed by atoms with E-state index in [9.17, 15) is 0 Å². The minimum Gasteiger partial charge on any atom is -0.468 e. The van der Waals surface area contributed by atoms with E-state index in [1.807, 2.05) is 54.6 Å². The van der Waals surface area contributed by atoms with Crippen molar-refractivity contribution < 1.29 is 4.42 Å². The third kappa shape index (κ3) is 2.86. The fourth-order valence-corrected chi connectivity index (χ4v) is 4.24. The molecule has 0 saturated carbocycles. The molecule has 1 atom stereocenters. The lowest BCUT2D eigenvalue weighted by Gasteiger charge is -2.41. The van der Waals surface area contributed by atoms with E-state index in [0.29, 0.717) is 19.9 Å². The van der Waals surface area contributed by atoms with E-state index in [-0.39, 0.29) is 6.17 Å². The number of hydrogen-bond acceptors (Lipinski definition) is 6. The van der Waals surface area contributed by atoms with E-state index in [4.69, 9.17) is 26.0 Å². The van der Waals surface area contributed by atoms with E-state index in [2.05, 4.69) is 25.8 Å². The van der Waals surface area contributed by atoms with Crippen LogP contribution in [0.1, 0.15) is 17.5 Å². The van der Waals surface area contributed by atoms with E-state index >= 15 is 0 Å². The van der Waals surface area contributed by atoms with Crippen LogP contribution in [0.2, 0.25) is 5.02 Å². The Bertz CT molecular complexity index is 1230. The van der Waals surface area contributed by atoms with Crippen LogP contribution in [-0.2, 0) is 6.54 Å². The molecule has 2 aliphatic rings. The van der Waals surface area contributed by atoms with Crippen molar-refractivity contribution in [1.82, 2.24) is 19.8 Å². The summed E-state index contributed by atoms with van der Waals surface area (Å²) in [6.07, 6.45) is 1.59. The van der Waals surface area contributed by atoms with Crippen LogP contribution in [0.15, 0.2) is 76.3 Å². The summed E-state index contributed by atoms with van der Waals surface area (Å²) in [5.41, 5.74) is 3.13. The number of fused-ring (bicyclic) bond motifs is 5. The van der Waals surface area contributed by atoms with Gasteiger partial charge >= 0.3 is 0 Å². The summed E-state index contributed by atoms with van der Waals surface area (Å²) in [5, 5.41) is 4.33. The number of aromatic nitrogens is 2. The Balaban J connectivity index is 1.44. The summed E-state index contributed by atoms with van der Waals surface area (Å²) < 4.78 is 7.75. The Morgan fingerprint density at radius 3 is 2.77 bits per heavy atom. The molecule has 0 saturated heterocycles. The molecular weight excluding hydrogens is 400 g/mol. The van der Waals surface area contributed by atoms with Crippen LogP contribution < -0.4 is 10.2 Å². The van der Waals surface area contributed by atoms with Crippen LogP contribution in [-0.4, -0.2) is 33.7 Å². The highest BCUT2D eigenvalue weighted by Gasteiger charge is 2.35. The number of furan rings is 1. The molecular formula is C22H19ClN6O. The Morgan fingerprint density at radius 1 is 1.07 bits per heavy atom. The second-order valence-corrected chi connectivity index (χ2v) is 7.91. The van der Waals surface area contributed by atoms with Crippen LogP contribution in [0.4, 0.5) is 5.95 Å². The van der Waals surface area contributed by atoms with Crippen molar-refractivity contribution in [2.24, 2.45) is 4.99 Å². The molecule has 1 unspecified atom stereocenters. The smallest absolute Gasteiger partial charge is 0.216 e. The number of benzene rings is 2. The average molecular weight is 419 g/mol. The first kappa shape index (κ1) is 17.6. The predicted molar refractivity (Wildman–Crippen MR) is 116 cm³/mol. The molecule has 4 aromatic rings. The van der Waals surface area contributed by atoms with Gasteiger partial charge in [-0.05, 0) is 42.0 Å². The maximum absolute atomic E-state index is 6.13. The molecule has 1 N–H and O–H groups in total. The molecule has 0 bridgehead atoms. The van der Waals surface area contributed by atoms with Gasteiger partial charge in [-0.1, -0.05) is 35.9 Å². The monoisotopic (exact) mass is 418 g/mol. The number of rotatable bonds is 3. The van der Waals surface area contributed by atoms with Crippen molar-refractivity contribution in [3.8, 4) is 0 Å². The average Bonchev–Trinajstić information content (AvgIpc) is 3.42. The molecule has 150 valence electrons. The molecule has 0 fully saturated rings. The Morgan fingerprint density at radius 2 is 1.93 bits per heavy atom. The van der Waals surface area contributed by atoms with E-state index in [1.54, 1.807) is 6.26 Å². The van der Waals surface area contributed by atoms with Gasteiger partial charge in [-0.15, -0.1) is 0 Å². The molecule has 2 aromatic carbocycles. The van der Waals surface area contributed by atoms with Gasteiger partial charge in [0.1, 0.15) is 11.9 Å². The summed E-state index contributed by atoms with van der Waals surface area (Å²) >= 11 is 6.13. The van der Waals surface area contributed by atoms with Crippen molar-refractivity contribution in [1.29, 1.82) is 0 Å². The summed E-state index contributed by atoms with van der Waals surface area (Å²) in [6, 6.07) is 20.0. The maximum Gasteiger partial charge on any atom is 0.216 e. The summed E-state index contributed by atoms with van der Waals surface area (Å²) in [6.45, 7) is 1.96. The molecule has 6 rings (SSSR count). The fraction of sp³-hybridized carbons (Fsp3) is 0.182. The van der Waals surface area contributed by atoms with E-state index in [0.717, 1.165) is 39.3 Å². The first-order valence-electron chi connectivity index (χ1n) is 9.82. The third-order valence-electron chi connectivity index (χ3n) is 5.51. The molecule has 7 nitrogen and oxygen atoms in total. The molecule has 0 amide bonds. The van der Waals surface area contributed by atoms with Gasteiger partial charge in [0.05, 0.1) is 37.2 Å². The first-order chi connectivity index (χ1) is 14.8. The van der Waals surface area contributed by atoms with Gasteiger partial charge in [0.2, 0.25) is 11.9 Å². The molecule has 0 radical (unpaired) electrons. The van der Waals surface area contributed by atoms with Crippen molar-refractivity contribution in [2.75, 3.05) is 18.2 Å². The van der Waals surface area contributed by atoms with Crippen LogP contribution in [0, 0.1) is 0 Å². The highest BCUT2D eigenvalue weighted by atomic mass is 35.5. The number of imidazole rings is 1. The van der Waals surface area contributed by atoms with Gasteiger partial charge in [0, 0.05) is 5.02 Å². The molecule has 0 spiro atoms. The SMILES string of the molecule is Clc1ccc(C2NC3=NCN(Cc4ccco4)CN3c3nc4ccccc4n32)cc1. The fourth-order valence-electron chi connectivity index (χ4n) is 4.11. The van der Waals surface area contributed by atoms with Crippen LogP contribution >= 0.6 is 11.6 Å². The minimum absolute atomic E-state index is 0.115. The number of aliphatic imine (C=N–C) groups is 1. The van der Waals surface area contributed by atoms with Crippen molar-refractivity contribution in [3.05, 3.63) is 83.3 Å². The first-order valence-corrected chi connectivity index (χ1v) is 10.2. The number of hydrogen-bond donors (Lipinski definition) is 1. The zero-order valence-electron chi connectivity index (χ0n) is 16.1. The topological polar surface area (TPSA) is 61.8 Å². The highest BCUT2D eigenvalue weighted by Crippen LogP contribution is 2.34. The van der Waals surface area contributed by atoms with E-state index < -0.39 is 0 Å². The predicted octanol–water partition coefficient (Wildman–Crippen LogP) is 4.03. The largest absolute Gasteiger partial charge is 0.468 e. The van der Waals surface area contributed by atoms with Gasteiger partial charge < -0.3 is 9.73 Å². The lowest BCUT2D eigenvalue weighted by atomic mass is 10.1. The minimum atomic E-state index is -0.115. The van der Waals surface area contributed by atoms with E-state index in [1.165, 1.54) is 0 Å². The Hall–Kier alpha value is -3.29. The second-order valence-electron chi connectivity index (χ2n) is 7.47. The highest BCUT2D eigenvalue weighted by molar-refractivity contribution is 6.30. The lowest BCUT2D eigenvalue weighted by molar-refractivity contribution is 0.243. The standard InChI is InChI=1S/C22H19ClN6O/c23-16-9-7-15(8-10-16)20-26-21-24-13-27(12-17-4-3-11-30-17)14-28(21)22-25-18-5-1-2-6-19(18)29(20)22/h1-11,20H,12-14H2,(H,24,26). The number of nitrogens with zero attached hydrogens (tertiary/aromatic N) is 5. The molecule has 4 heterocycles. The second kappa shape index (κ2) is 6.90. The van der Waals surface area contributed by atoms with Gasteiger partial charge in [0.15, 0.2) is 0 Å². The zero-order chi connectivity index (χ0) is 20.1. The van der Waals surface area contributed by atoms with Crippen LogP contribution in [0.3, 0.4) is 0 Å². The number of halogens is 1. The number of guanidine groups is 1. The number of nitrogens with one attached hydrogen (secondary N) is 1. The maximum atomic E-state index is 6.13. The zero-order valence-corrected chi connectivity index (χ0v) is 16.8. The molecule has 2 aromatic heterocycles. The van der Waals surface area contributed by atoms with Crippen LogP contribution in [0.25, 0.3) is 11.0 Å². The van der Waals surface area contributed by atoms with Gasteiger partial charge in [0.25, 0.3) is 0 Å². The van der Waals surface area contributed by atoms with Gasteiger partial charge in [-0.2, -0.15) is 0 Å². The summed E-state index contributed by atoms with van der Waals surface area (Å²) in [7, 11) is 0. The molecule has 30 heavy (non-hydrogen) atoms. The number of para-hydroxylation sites is 2. The van der Waals surface area contributed by atoms with Crippen molar-refractivity contribution >= 4 is 34.5 Å². The van der Waals surface area contributed by atoms with Crippen molar-refractivity contribution in [2.45, 2.75) is 12.7 Å². The summed E-state index contributed by atoms with van der Waals surface area (Å²) in [5.74, 6) is 2.62. The molecule has 8 heteroatoms. The Kier molecular flexibility index (Phi) is 4.04. The normalized spacial score (nSPS) is 18.6.